The summed E-state index contributed by atoms with van der Waals surface area (Å²) in [4.78, 5) is 40.4. The Labute approximate surface area is 201 Å². The van der Waals surface area contributed by atoms with Crippen molar-refractivity contribution < 1.29 is 27.6 Å². The van der Waals surface area contributed by atoms with Crippen molar-refractivity contribution in [2.45, 2.75) is 37.8 Å². The van der Waals surface area contributed by atoms with Crippen molar-refractivity contribution in [3.05, 3.63) is 89.9 Å². The Kier molecular flexibility index (Phi) is 7.54. The van der Waals surface area contributed by atoms with Crippen molar-refractivity contribution in [2.24, 2.45) is 0 Å². The maximum Gasteiger partial charge on any atom is 0.287 e. The minimum atomic E-state index is -1.22. The molecule has 1 aliphatic carbocycles. The van der Waals surface area contributed by atoms with Crippen LogP contribution < -0.4 is 15.5 Å². The normalized spacial score (nSPS) is 14.3. The van der Waals surface area contributed by atoms with E-state index in [2.05, 4.69) is 10.6 Å². The maximum atomic E-state index is 14.2. The molecule has 0 spiro atoms. The van der Waals surface area contributed by atoms with Crippen molar-refractivity contribution in [1.82, 2.24) is 10.6 Å². The molecule has 0 saturated heterocycles. The van der Waals surface area contributed by atoms with E-state index in [1.165, 1.54) is 60.9 Å². The molecule has 9 heteroatoms. The fourth-order valence-corrected chi connectivity index (χ4v) is 4.21. The molecule has 3 amide bonds. The van der Waals surface area contributed by atoms with Crippen LogP contribution in [0.1, 0.15) is 47.8 Å². The summed E-state index contributed by atoms with van der Waals surface area (Å²) in [6, 6.07) is 12.2. The molecular formula is C26H25F2N3O4. The van der Waals surface area contributed by atoms with Gasteiger partial charge in [-0.1, -0.05) is 31.0 Å². The summed E-state index contributed by atoms with van der Waals surface area (Å²) >= 11 is 0. The molecule has 1 heterocycles. The van der Waals surface area contributed by atoms with Gasteiger partial charge in [0.25, 0.3) is 5.91 Å². The number of furan rings is 1. The summed E-state index contributed by atoms with van der Waals surface area (Å²) in [5, 5.41) is 5.44. The number of benzene rings is 2. The average Bonchev–Trinajstić information content (AvgIpc) is 3.56. The first-order chi connectivity index (χ1) is 16.9. The molecule has 0 radical (unpaired) electrons. The van der Waals surface area contributed by atoms with Crippen LogP contribution in [0.15, 0.2) is 71.3 Å². The molecular weight excluding hydrogens is 456 g/mol. The number of anilines is 1. The molecule has 0 bridgehead atoms. The lowest BCUT2D eigenvalue weighted by molar-refractivity contribution is -0.126. The van der Waals surface area contributed by atoms with Crippen LogP contribution in [0, 0.1) is 11.6 Å². The number of rotatable bonds is 8. The number of nitrogens with zero attached hydrogens (tertiary/aromatic N) is 1. The lowest BCUT2D eigenvalue weighted by Crippen LogP contribution is -2.49. The Morgan fingerprint density at radius 3 is 2.37 bits per heavy atom. The number of carbonyl (C=O) groups is 3. The second-order valence-corrected chi connectivity index (χ2v) is 8.35. The summed E-state index contributed by atoms with van der Waals surface area (Å²) in [6.07, 6.45) is 4.92. The Bertz CT molecular complexity index is 1180. The molecule has 35 heavy (non-hydrogen) atoms. The predicted octanol–water partition coefficient (Wildman–Crippen LogP) is 4.12. The van der Waals surface area contributed by atoms with Crippen LogP contribution in [-0.4, -0.2) is 30.3 Å². The van der Waals surface area contributed by atoms with Gasteiger partial charge < -0.3 is 15.1 Å². The van der Waals surface area contributed by atoms with Crippen LogP contribution in [0.25, 0.3) is 0 Å². The smallest absolute Gasteiger partial charge is 0.287 e. The zero-order chi connectivity index (χ0) is 24.8. The van der Waals surface area contributed by atoms with Gasteiger partial charge in [-0.3, -0.25) is 19.3 Å². The summed E-state index contributed by atoms with van der Waals surface area (Å²) in [5.74, 6) is -2.84. The fraction of sp³-hybridized carbons (Fsp3) is 0.269. The summed E-state index contributed by atoms with van der Waals surface area (Å²) in [6.45, 7) is -0.482. The second kappa shape index (κ2) is 10.9. The van der Waals surface area contributed by atoms with Gasteiger partial charge >= 0.3 is 0 Å². The summed E-state index contributed by atoms with van der Waals surface area (Å²) < 4.78 is 32.9. The van der Waals surface area contributed by atoms with Gasteiger partial charge in [-0.25, -0.2) is 8.78 Å². The van der Waals surface area contributed by atoms with E-state index in [4.69, 9.17) is 4.42 Å². The van der Waals surface area contributed by atoms with E-state index in [9.17, 15) is 23.2 Å². The average molecular weight is 481 g/mol. The first-order valence-corrected chi connectivity index (χ1v) is 11.4. The minimum Gasteiger partial charge on any atom is -0.459 e. The quantitative estimate of drug-likeness (QED) is 0.506. The van der Waals surface area contributed by atoms with Gasteiger partial charge in [0, 0.05) is 11.7 Å². The summed E-state index contributed by atoms with van der Waals surface area (Å²) in [5.41, 5.74) is 0.468. The second-order valence-electron chi connectivity index (χ2n) is 8.35. The van der Waals surface area contributed by atoms with Crippen molar-refractivity contribution in [2.75, 3.05) is 11.4 Å². The van der Waals surface area contributed by atoms with E-state index in [-0.39, 0.29) is 17.5 Å². The number of nitrogens with one attached hydrogen (secondary N) is 2. The predicted molar refractivity (Wildman–Crippen MR) is 124 cm³/mol. The highest BCUT2D eigenvalue weighted by Crippen LogP contribution is 2.30. The molecule has 1 saturated carbocycles. The molecule has 3 aromatic rings. The maximum absolute atomic E-state index is 14.2. The Balaban J connectivity index is 1.68. The third kappa shape index (κ3) is 5.92. The van der Waals surface area contributed by atoms with Crippen LogP contribution in [-0.2, 0) is 9.59 Å². The van der Waals surface area contributed by atoms with E-state index in [0.717, 1.165) is 36.6 Å². The zero-order valence-electron chi connectivity index (χ0n) is 18.9. The van der Waals surface area contributed by atoms with Crippen LogP contribution in [0.4, 0.5) is 14.5 Å². The van der Waals surface area contributed by atoms with E-state index in [1.807, 2.05) is 0 Å². The highest BCUT2D eigenvalue weighted by atomic mass is 19.1. The van der Waals surface area contributed by atoms with Crippen molar-refractivity contribution in [1.29, 1.82) is 0 Å². The molecule has 1 unspecified atom stereocenters. The topological polar surface area (TPSA) is 91.7 Å². The van der Waals surface area contributed by atoms with E-state index in [0.29, 0.717) is 5.56 Å². The van der Waals surface area contributed by atoms with Crippen LogP contribution >= 0.6 is 0 Å². The Morgan fingerprint density at radius 1 is 0.971 bits per heavy atom. The molecule has 2 aromatic carbocycles. The monoisotopic (exact) mass is 481 g/mol. The highest BCUT2D eigenvalue weighted by Gasteiger charge is 2.34. The third-order valence-corrected chi connectivity index (χ3v) is 5.89. The number of carbonyl (C=O) groups excluding carboxylic acids is 3. The lowest BCUT2D eigenvalue weighted by Gasteiger charge is -2.32. The highest BCUT2D eigenvalue weighted by molar-refractivity contribution is 6.04. The van der Waals surface area contributed by atoms with Gasteiger partial charge in [-0.05, 0) is 60.9 Å². The Hall–Kier alpha value is -4.01. The molecule has 2 N–H and O–H groups in total. The first-order valence-electron chi connectivity index (χ1n) is 11.4. The van der Waals surface area contributed by atoms with Crippen LogP contribution in [0.3, 0.4) is 0 Å². The van der Waals surface area contributed by atoms with E-state index in [1.54, 1.807) is 0 Å². The molecule has 182 valence electrons. The molecule has 0 aliphatic heterocycles. The molecule has 4 rings (SSSR count). The van der Waals surface area contributed by atoms with Gasteiger partial charge in [0.15, 0.2) is 5.76 Å². The van der Waals surface area contributed by atoms with Crippen LogP contribution in [0.5, 0.6) is 0 Å². The van der Waals surface area contributed by atoms with Gasteiger partial charge in [0.1, 0.15) is 17.7 Å². The van der Waals surface area contributed by atoms with Gasteiger partial charge in [0.05, 0.1) is 12.8 Å². The minimum absolute atomic E-state index is 0.0177. The number of amides is 3. The number of hydrogen-bond donors (Lipinski definition) is 2. The van der Waals surface area contributed by atoms with E-state index >= 15 is 0 Å². The fourth-order valence-electron chi connectivity index (χ4n) is 4.21. The molecule has 1 atom stereocenters. The number of hydrogen-bond acceptors (Lipinski definition) is 4. The third-order valence-electron chi connectivity index (χ3n) is 5.89. The van der Waals surface area contributed by atoms with Crippen molar-refractivity contribution in [3.63, 3.8) is 0 Å². The molecule has 1 aromatic heterocycles. The molecule has 1 fully saturated rings. The van der Waals surface area contributed by atoms with Gasteiger partial charge in [-0.15, -0.1) is 0 Å². The SMILES string of the molecule is O=C(NCC(=O)N(c1cccc(F)c1)C(C(=O)NC1CCCC1)c1ccc(F)cc1)c1ccco1. The first kappa shape index (κ1) is 24.1. The zero-order valence-corrected chi connectivity index (χ0v) is 18.9. The Morgan fingerprint density at radius 2 is 1.71 bits per heavy atom. The van der Waals surface area contributed by atoms with E-state index < -0.39 is 41.9 Å². The van der Waals surface area contributed by atoms with Crippen molar-refractivity contribution in [3.8, 4) is 0 Å². The largest absolute Gasteiger partial charge is 0.459 e. The molecule has 7 nitrogen and oxygen atoms in total. The summed E-state index contributed by atoms with van der Waals surface area (Å²) in [7, 11) is 0. The van der Waals surface area contributed by atoms with Gasteiger partial charge in [-0.2, -0.15) is 0 Å². The lowest BCUT2D eigenvalue weighted by atomic mass is 10.0. The van der Waals surface area contributed by atoms with Gasteiger partial charge in [0.2, 0.25) is 11.8 Å². The van der Waals surface area contributed by atoms with Crippen molar-refractivity contribution >= 4 is 23.4 Å². The number of halogens is 2. The standard InChI is InChI=1S/C26H25F2N3O4/c27-18-12-10-17(11-13-18)24(26(34)30-20-6-1-2-7-20)31(21-8-3-5-19(28)15-21)23(32)16-29-25(33)22-9-4-14-35-22/h3-5,8-15,20,24H,1-2,6-7,16H2,(H,29,33)(H,30,34). The van der Waals surface area contributed by atoms with Crippen LogP contribution in [0.2, 0.25) is 0 Å². The molecule has 1 aliphatic rings.